The van der Waals surface area contributed by atoms with Crippen LogP contribution in [0.15, 0.2) is 48.5 Å². The molecule has 0 fully saturated rings. The third-order valence-corrected chi connectivity index (χ3v) is 5.62. The average Bonchev–Trinajstić information content (AvgIpc) is 3.25. The van der Waals surface area contributed by atoms with Gasteiger partial charge in [-0.25, -0.2) is 9.48 Å². The lowest BCUT2D eigenvalue weighted by atomic mass is 9.90. The van der Waals surface area contributed by atoms with Crippen LogP contribution in [0.25, 0.3) is 5.69 Å². The minimum atomic E-state index is -0.281. The second-order valence-electron chi connectivity index (χ2n) is 8.85. The summed E-state index contributed by atoms with van der Waals surface area (Å²) in [7, 11) is 0. The SMILES string of the molecule is Cc1c(C(C)(C)C)nn(-c2ccccc2)c1NC(=O)NC1CCc2c(O)cccc21. The normalized spacial score (nSPS) is 15.7. The molecule has 6 nitrogen and oxygen atoms in total. The molecule has 0 saturated carbocycles. The van der Waals surface area contributed by atoms with Crippen LogP contribution in [-0.2, 0) is 11.8 Å². The maximum Gasteiger partial charge on any atom is 0.320 e. The third-order valence-electron chi connectivity index (χ3n) is 5.62. The standard InChI is InChI=1S/C24H28N4O2/c1-15-21(24(2,3)4)27-28(16-9-6-5-7-10-16)22(15)26-23(30)25-19-14-13-18-17(19)11-8-12-20(18)29/h5-12,19,29H,13-14H2,1-4H3,(H2,25,26,30). The number of fused-ring (bicyclic) bond motifs is 1. The molecule has 30 heavy (non-hydrogen) atoms. The average molecular weight is 405 g/mol. The van der Waals surface area contributed by atoms with Crippen molar-refractivity contribution in [3.05, 3.63) is 70.9 Å². The molecular weight excluding hydrogens is 376 g/mol. The Bertz CT molecular complexity index is 1080. The number of aromatic nitrogens is 2. The van der Waals surface area contributed by atoms with E-state index in [1.807, 2.05) is 49.4 Å². The first-order valence-corrected chi connectivity index (χ1v) is 10.3. The number of anilines is 1. The Labute approximate surface area is 176 Å². The highest BCUT2D eigenvalue weighted by atomic mass is 16.3. The van der Waals surface area contributed by atoms with Crippen molar-refractivity contribution in [2.24, 2.45) is 0 Å². The number of hydrogen-bond acceptors (Lipinski definition) is 3. The number of urea groups is 1. The molecule has 0 radical (unpaired) electrons. The van der Waals surface area contributed by atoms with Crippen LogP contribution in [0.3, 0.4) is 0 Å². The number of aromatic hydroxyl groups is 1. The van der Waals surface area contributed by atoms with Crippen molar-refractivity contribution in [2.45, 2.75) is 52.0 Å². The van der Waals surface area contributed by atoms with E-state index in [0.717, 1.165) is 40.9 Å². The molecule has 4 rings (SSSR count). The van der Waals surface area contributed by atoms with Gasteiger partial charge in [-0.2, -0.15) is 5.10 Å². The van der Waals surface area contributed by atoms with Gasteiger partial charge >= 0.3 is 6.03 Å². The molecule has 156 valence electrons. The number of rotatable bonds is 3. The molecule has 1 heterocycles. The molecule has 0 saturated heterocycles. The van der Waals surface area contributed by atoms with E-state index in [1.165, 1.54) is 0 Å². The first-order chi connectivity index (χ1) is 14.3. The molecule has 1 atom stereocenters. The van der Waals surface area contributed by atoms with Crippen molar-refractivity contribution in [1.29, 1.82) is 0 Å². The van der Waals surface area contributed by atoms with E-state index < -0.39 is 0 Å². The van der Waals surface area contributed by atoms with Gasteiger partial charge < -0.3 is 10.4 Å². The smallest absolute Gasteiger partial charge is 0.320 e. The first kappa shape index (κ1) is 20.0. The maximum absolute atomic E-state index is 12.9. The van der Waals surface area contributed by atoms with Crippen molar-refractivity contribution in [3.63, 3.8) is 0 Å². The summed E-state index contributed by atoms with van der Waals surface area (Å²) in [5.74, 6) is 0.961. The summed E-state index contributed by atoms with van der Waals surface area (Å²) in [6.07, 6.45) is 1.52. The molecule has 1 aromatic heterocycles. The lowest BCUT2D eigenvalue weighted by molar-refractivity contribution is 0.248. The monoisotopic (exact) mass is 404 g/mol. The lowest BCUT2D eigenvalue weighted by Crippen LogP contribution is -2.32. The van der Waals surface area contributed by atoms with E-state index in [-0.39, 0.29) is 17.5 Å². The van der Waals surface area contributed by atoms with Crippen LogP contribution in [0.4, 0.5) is 10.6 Å². The number of para-hydroxylation sites is 1. The van der Waals surface area contributed by atoms with Crippen LogP contribution in [0.1, 0.15) is 55.6 Å². The van der Waals surface area contributed by atoms with Crippen LogP contribution >= 0.6 is 0 Å². The molecule has 1 aliphatic rings. The van der Waals surface area contributed by atoms with E-state index in [9.17, 15) is 9.90 Å². The molecule has 3 N–H and O–H groups in total. The summed E-state index contributed by atoms with van der Waals surface area (Å²) >= 11 is 0. The molecule has 0 aliphatic heterocycles. The Balaban J connectivity index is 1.62. The van der Waals surface area contributed by atoms with Crippen LogP contribution in [0.5, 0.6) is 5.75 Å². The minimum Gasteiger partial charge on any atom is -0.508 e. The number of phenols is 1. The summed E-state index contributed by atoms with van der Waals surface area (Å²) < 4.78 is 1.80. The van der Waals surface area contributed by atoms with Crippen molar-refractivity contribution < 1.29 is 9.90 Å². The van der Waals surface area contributed by atoms with Gasteiger partial charge in [-0.15, -0.1) is 0 Å². The number of carbonyl (C=O) groups is 1. The first-order valence-electron chi connectivity index (χ1n) is 10.3. The topological polar surface area (TPSA) is 79.2 Å². The van der Waals surface area contributed by atoms with Gasteiger partial charge in [0.2, 0.25) is 0 Å². The quantitative estimate of drug-likeness (QED) is 0.575. The van der Waals surface area contributed by atoms with Gasteiger partial charge in [-0.3, -0.25) is 5.32 Å². The van der Waals surface area contributed by atoms with E-state index >= 15 is 0 Å². The molecule has 0 spiro atoms. The number of phenolic OH excluding ortho intramolecular Hbond substituents is 1. The zero-order valence-corrected chi connectivity index (χ0v) is 17.9. The van der Waals surface area contributed by atoms with Crippen molar-refractivity contribution in [3.8, 4) is 11.4 Å². The molecule has 2 aromatic carbocycles. The van der Waals surface area contributed by atoms with Crippen molar-refractivity contribution in [1.82, 2.24) is 15.1 Å². The van der Waals surface area contributed by atoms with Crippen LogP contribution in [0, 0.1) is 6.92 Å². The fourth-order valence-electron chi connectivity index (χ4n) is 4.20. The minimum absolute atomic E-state index is 0.123. The summed E-state index contributed by atoms with van der Waals surface area (Å²) in [6.45, 7) is 8.34. The van der Waals surface area contributed by atoms with E-state index in [4.69, 9.17) is 5.10 Å². The van der Waals surface area contributed by atoms with Gasteiger partial charge in [-0.05, 0) is 49.1 Å². The highest BCUT2D eigenvalue weighted by Crippen LogP contribution is 2.36. The fourth-order valence-corrected chi connectivity index (χ4v) is 4.20. The third kappa shape index (κ3) is 3.65. The summed E-state index contributed by atoms with van der Waals surface area (Å²) in [4.78, 5) is 12.9. The lowest BCUT2D eigenvalue weighted by Gasteiger charge is -2.17. The van der Waals surface area contributed by atoms with Gasteiger partial charge in [0.1, 0.15) is 11.6 Å². The van der Waals surface area contributed by atoms with E-state index in [2.05, 4.69) is 31.4 Å². The predicted octanol–water partition coefficient (Wildman–Crippen LogP) is 4.99. The molecular formula is C24H28N4O2. The molecule has 1 unspecified atom stereocenters. The molecule has 6 heteroatoms. The number of amides is 2. The van der Waals surface area contributed by atoms with E-state index in [1.54, 1.807) is 10.7 Å². The fraction of sp³-hybridized carbons (Fsp3) is 0.333. The summed E-state index contributed by atoms with van der Waals surface area (Å²) in [5.41, 5.74) is 4.53. The highest BCUT2D eigenvalue weighted by Gasteiger charge is 2.28. The van der Waals surface area contributed by atoms with Gasteiger partial charge in [-0.1, -0.05) is 51.1 Å². The van der Waals surface area contributed by atoms with Crippen molar-refractivity contribution in [2.75, 3.05) is 5.32 Å². The van der Waals surface area contributed by atoms with Gasteiger partial charge in [0.25, 0.3) is 0 Å². The Kier molecular flexibility index (Phi) is 5.02. The van der Waals surface area contributed by atoms with Crippen molar-refractivity contribution >= 4 is 11.8 Å². The predicted molar refractivity (Wildman–Crippen MR) is 118 cm³/mol. The number of hydrogen-bond donors (Lipinski definition) is 3. The second kappa shape index (κ2) is 7.52. The Morgan fingerprint density at radius 1 is 1.13 bits per heavy atom. The largest absolute Gasteiger partial charge is 0.508 e. The second-order valence-corrected chi connectivity index (χ2v) is 8.85. The molecule has 1 aliphatic carbocycles. The van der Waals surface area contributed by atoms with E-state index in [0.29, 0.717) is 11.6 Å². The molecule has 0 bridgehead atoms. The van der Waals surface area contributed by atoms with Gasteiger partial charge in [0.05, 0.1) is 17.4 Å². The number of nitrogens with zero attached hydrogens (tertiary/aromatic N) is 2. The zero-order valence-electron chi connectivity index (χ0n) is 17.9. The van der Waals surface area contributed by atoms with Crippen LogP contribution < -0.4 is 10.6 Å². The Morgan fingerprint density at radius 2 is 1.87 bits per heavy atom. The molecule has 3 aromatic rings. The van der Waals surface area contributed by atoms with Gasteiger partial charge in [0.15, 0.2) is 0 Å². The highest BCUT2D eigenvalue weighted by molar-refractivity contribution is 5.90. The number of benzene rings is 2. The zero-order chi connectivity index (χ0) is 21.5. The summed E-state index contributed by atoms with van der Waals surface area (Å²) in [6, 6.07) is 14.9. The Morgan fingerprint density at radius 3 is 2.57 bits per heavy atom. The van der Waals surface area contributed by atoms with Gasteiger partial charge in [0, 0.05) is 11.0 Å². The van der Waals surface area contributed by atoms with Crippen LogP contribution in [0.2, 0.25) is 0 Å². The number of nitrogens with one attached hydrogen (secondary N) is 2. The number of carbonyl (C=O) groups excluding carboxylic acids is 1. The Hall–Kier alpha value is -3.28. The van der Waals surface area contributed by atoms with Crippen LogP contribution in [-0.4, -0.2) is 20.9 Å². The molecule has 2 amide bonds. The maximum atomic E-state index is 12.9. The summed E-state index contributed by atoms with van der Waals surface area (Å²) in [5, 5.41) is 21.0.